The van der Waals surface area contributed by atoms with Crippen molar-refractivity contribution in [1.29, 1.82) is 0 Å². The first-order valence-electron chi connectivity index (χ1n) is 12.2. The Kier molecular flexibility index (Phi) is 9.24. The van der Waals surface area contributed by atoms with Gasteiger partial charge in [0, 0.05) is 12.5 Å². The Labute approximate surface area is 215 Å². The summed E-state index contributed by atoms with van der Waals surface area (Å²) >= 11 is 0. The molecule has 37 heavy (non-hydrogen) atoms. The summed E-state index contributed by atoms with van der Waals surface area (Å²) in [7, 11) is 0. The first-order chi connectivity index (χ1) is 17.9. The number of fused-ring (bicyclic) bond motifs is 1. The molecule has 0 aliphatic carbocycles. The number of ether oxygens (including phenoxy) is 5. The van der Waals surface area contributed by atoms with Crippen LogP contribution in [-0.2, 0) is 44.7 Å². The molecule has 0 aromatic heterocycles. The quantitative estimate of drug-likeness (QED) is 0.487. The summed E-state index contributed by atoms with van der Waals surface area (Å²) in [6.07, 6.45) is -3.31. The maximum atomic E-state index is 12.7. The normalized spacial score (nSPS) is 25.8. The number of rotatable bonds is 9. The highest BCUT2D eigenvalue weighted by atomic mass is 16.7. The molecule has 2 aromatic carbocycles. The van der Waals surface area contributed by atoms with Crippen molar-refractivity contribution in [2.75, 3.05) is 19.8 Å². The van der Waals surface area contributed by atoms with Crippen molar-refractivity contribution in [3.05, 3.63) is 71.8 Å². The second-order valence-electron chi connectivity index (χ2n) is 8.96. The van der Waals surface area contributed by atoms with Crippen LogP contribution in [0, 0.1) is 0 Å². The second-order valence-corrected chi connectivity index (χ2v) is 8.96. The molecule has 2 aliphatic rings. The van der Waals surface area contributed by atoms with E-state index in [0.29, 0.717) is 0 Å². The molecule has 0 radical (unpaired) electrons. The highest BCUT2D eigenvalue weighted by Crippen LogP contribution is 2.33. The van der Waals surface area contributed by atoms with Crippen LogP contribution >= 0.6 is 0 Å². The van der Waals surface area contributed by atoms with Crippen LogP contribution in [0.3, 0.4) is 0 Å². The molecule has 2 saturated heterocycles. The van der Waals surface area contributed by atoms with Gasteiger partial charge in [-0.2, -0.15) is 0 Å². The van der Waals surface area contributed by atoms with Crippen molar-refractivity contribution < 1.29 is 38.1 Å². The lowest BCUT2D eigenvalue weighted by atomic mass is 9.96. The largest absolute Gasteiger partial charge is 0.460 e. The van der Waals surface area contributed by atoms with E-state index in [1.54, 1.807) is 6.92 Å². The lowest BCUT2D eigenvalue weighted by Crippen LogP contribution is -2.64. The van der Waals surface area contributed by atoms with E-state index in [1.807, 2.05) is 60.7 Å². The lowest BCUT2D eigenvalue weighted by molar-refractivity contribution is -0.310. The van der Waals surface area contributed by atoms with Crippen LogP contribution in [0.4, 0.5) is 0 Å². The van der Waals surface area contributed by atoms with E-state index in [9.17, 15) is 14.4 Å². The van der Waals surface area contributed by atoms with Crippen LogP contribution in [0.25, 0.3) is 0 Å². The van der Waals surface area contributed by atoms with E-state index in [-0.39, 0.29) is 32.3 Å². The minimum Gasteiger partial charge on any atom is -0.460 e. The Morgan fingerprint density at radius 3 is 2.41 bits per heavy atom. The van der Waals surface area contributed by atoms with E-state index in [2.05, 4.69) is 10.6 Å². The summed E-state index contributed by atoms with van der Waals surface area (Å²) in [5.74, 6) is -1.32. The van der Waals surface area contributed by atoms with E-state index >= 15 is 0 Å². The van der Waals surface area contributed by atoms with E-state index < -0.39 is 48.6 Å². The SMILES string of the molecule is CC(=O)NC1COC2COC(c3ccccc3)OC2C1O[C@H](C)C(=O)NCC(=O)OCc1ccccc1. The van der Waals surface area contributed by atoms with Gasteiger partial charge in [0.05, 0.1) is 19.3 Å². The molecule has 2 aliphatic heterocycles. The minimum atomic E-state index is -0.941. The van der Waals surface area contributed by atoms with Gasteiger partial charge in [-0.05, 0) is 12.5 Å². The molecular formula is C27H32N2O8. The Hall–Kier alpha value is -3.31. The molecule has 0 spiro atoms. The molecule has 2 N–H and O–H groups in total. The van der Waals surface area contributed by atoms with Crippen molar-refractivity contribution in [2.45, 2.75) is 57.2 Å². The number of hydrogen-bond donors (Lipinski definition) is 2. The van der Waals surface area contributed by atoms with Crippen LogP contribution < -0.4 is 10.6 Å². The van der Waals surface area contributed by atoms with Crippen LogP contribution in [0.1, 0.15) is 31.3 Å². The fourth-order valence-corrected chi connectivity index (χ4v) is 4.26. The number of amides is 2. The van der Waals surface area contributed by atoms with Gasteiger partial charge in [0.1, 0.15) is 37.6 Å². The summed E-state index contributed by atoms with van der Waals surface area (Å²) in [5.41, 5.74) is 1.68. The summed E-state index contributed by atoms with van der Waals surface area (Å²) in [6.45, 7) is 3.24. The van der Waals surface area contributed by atoms with Gasteiger partial charge in [0.15, 0.2) is 6.29 Å². The molecule has 198 valence electrons. The molecule has 2 aromatic rings. The van der Waals surface area contributed by atoms with Crippen molar-refractivity contribution in [3.63, 3.8) is 0 Å². The van der Waals surface area contributed by atoms with Gasteiger partial charge >= 0.3 is 5.97 Å². The number of carbonyl (C=O) groups is 3. The molecule has 2 heterocycles. The molecule has 4 rings (SSSR count). The molecule has 5 unspecified atom stereocenters. The zero-order valence-corrected chi connectivity index (χ0v) is 20.8. The van der Waals surface area contributed by atoms with Crippen molar-refractivity contribution in [2.24, 2.45) is 0 Å². The summed E-state index contributed by atoms with van der Waals surface area (Å²) in [5, 5.41) is 5.38. The highest BCUT2D eigenvalue weighted by Gasteiger charge is 2.47. The molecule has 0 bridgehead atoms. The second kappa shape index (κ2) is 12.8. The maximum absolute atomic E-state index is 12.7. The molecule has 2 amide bonds. The molecule has 0 saturated carbocycles. The van der Waals surface area contributed by atoms with Gasteiger partial charge in [0.2, 0.25) is 11.8 Å². The first kappa shape index (κ1) is 26.7. The van der Waals surface area contributed by atoms with Crippen LogP contribution in [0.5, 0.6) is 0 Å². The van der Waals surface area contributed by atoms with Gasteiger partial charge < -0.3 is 34.3 Å². The third-order valence-corrected chi connectivity index (χ3v) is 6.11. The lowest BCUT2D eigenvalue weighted by Gasteiger charge is -2.47. The Bertz CT molecular complexity index is 1050. The number of carbonyl (C=O) groups excluding carboxylic acids is 3. The van der Waals surface area contributed by atoms with E-state index in [4.69, 9.17) is 23.7 Å². The number of hydrogen-bond acceptors (Lipinski definition) is 8. The minimum absolute atomic E-state index is 0.118. The monoisotopic (exact) mass is 512 g/mol. The average molecular weight is 513 g/mol. The average Bonchev–Trinajstić information content (AvgIpc) is 2.92. The fourth-order valence-electron chi connectivity index (χ4n) is 4.26. The van der Waals surface area contributed by atoms with Crippen LogP contribution in [0.15, 0.2) is 60.7 Å². The van der Waals surface area contributed by atoms with Crippen molar-refractivity contribution in [1.82, 2.24) is 10.6 Å². The topological polar surface area (TPSA) is 121 Å². The predicted molar refractivity (Wildman–Crippen MR) is 131 cm³/mol. The molecule has 6 atom stereocenters. The first-order valence-corrected chi connectivity index (χ1v) is 12.2. The highest BCUT2D eigenvalue weighted by molar-refractivity contribution is 5.84. The Morgan fingerprint density at radius 1 is 1.00 bits per heavy atom. The van der Waals surface area contributed by atoms with Crippen molar-refractivity contribution >= 4 is 17.8 Å². The summed E-state index contributed by atoms with van der Waals surface area (Å²) in [4.78, 5) is 36.7. The molecular weight excluding hydrogens is 480 g/mol. The van der Waals surface area contributed by atoms with Gasteiger partial charge in [-0.25, -0.2) is 0 Å². The summed E-state index contributed by atoms with van der Waals surface area (Å²) < 4.78 is 29.3. The molecule has 10 nitrogen and oxygen atoms in total. The van der Waals surface area contributed by atoms with Crippen molar-refractivity contribution in [3.8, 4) is 0 Å². The number of nitrogens with one attached hydrogen (secondary N) is 2. The van der Waals surface area contributed by atoms with Crippen LogP contribution in [-0.4, -0.2) is 68.0 Å². The Morgan fingerprint density at radius 2 is 1.70 bits per heavy atom. The van der Waals surface area contributed by atoms with E-state index in [0.717, 1.165) is 11.1 Å². The van der Waals surface area contributed by atoms with Gasteiger partial charge in [-0.1, -0.05) is 60.7 Å². The molecule has 2 fully saturated rings. The standard InChI is InChI=1S/C27H32N2O8/c1-17(26(32)28-13-23(31)34-14-19-9-5-3-6-10-19)36-24-21(29-18(2)30)15-33-22-16-35-27(37-25(22)24)20-11-7-4-8-12-20/h3-12,17,21-22,24-25,27H,13-16H2,1-2H3,(H,28,32)(H,29,30)/t17-,21?,22?,24?,25?,27?/m1/s1. The van der Waals surface area contributed by atoms with Crippen LogP contribution in [0.2, 0.25) is 0 Å². The van der Waals surface area contributed by atoms with Gasteiger partial charge in [-0.3, -0.25) is 14.4 Å². The summed E-state index contributed by atoms with van der Waals surface area (Å²) in [6, 6.07) is 18.2. The van der Waals surface area contributed by atoms with Gasteiger partial charge in [-0.15, -0.1) is 0 Å². The third-order valence-electron chi connectivity index (χ3n) is 6.11. The third kappa shape index (κ3) is 7.36. The number of benzene rings is 2. The molecule has 10 heteroatoms. The number of esters is 1. The fraction of sp³-hybridized carbons (Fsp3) is 0.444. The van der Waals surface area contributed by atoms with E-state index in [1.165, 1.54) is 6.92 Å². The predicted octanol–water partition coefficient (Wildman–Crippen LogP) is 1.64. The zero-order chi connectivity index (χ0) is 26.2. The Balaban J connectivity index is 1.36. The smallest absolute Gasteiger partial charge is 0.325 e. The van der Waals surface area contributed by atoms with Gasteiger partial charge in [0.25, 0.3) is 0 Å². The zero-order valence-electron chi connectivity index (χ0n) is 20.8. The maximum Gasteiger partial charge on any atom is 0.325 e.